The standard InChI is InChI=1S/C12H17FN2O3S/c1-18-12-6-9(4-5-10(12)13)19(16,17)15-7-11(14)8-2-3-8/h4-6,8,11,15H,2-3,7,14H2,1H3. The van der Waals surface area contributed by atoms with E-state index < -0.39 is 15.8 Å². The number of nitrogens with one attached hydrogen (secondary N) is 1. The van der Waals surface area contributed by atoms with E-state index in [1.807, 2.05) is 0 Å². The van der Waals surface area contributed by atoms with Crippen LogP contribution in [0.5, 0.6) is 5.75 Å². The van der Waals surface area contributed by atoms with Gasteiger partial charge in [-0.2, -0.15) is 0 Å². The monoisotopic (exact) mass is 288 g/mol. The Balaban J connectivity index is 2.09. The molecule has 1 aliphatic carbocycles. The molecule has 0 saturated heterocycles. The molecule has 0 aromatic heterocycles. The minimum atomic E-state index is -3.69. The summed E-state index contributed by atoms with van der Waals surface area (Å²) in [6.07, 6.45) is 2.10. The van der Waals surface area contributed by atoms with Gasteiger partial charge in [0.1, 0.15) is 0 Å². The molecule has 3 N–H and O–H groups in total. The summed E-state index contributed by atoms with van der Waals surface area (Å²) in [5.74, 6) is -0.295. The number of halogens is 1. The second-order valence-corrected chi connectivity index (χ2v) is 6.42. The number of rotatable bonds is 6. The van der Waals surface area contributed by atoms with Crippen LogP contribution in [-0.4, -0.2) is 28.1 Å². The average Bonchev–Trinajstić information content (AvgIpc) is 3.20. The number of benzene rings is 1. The molecule has 1 fully saturated rings. The van der Waals surface area contributed by atoms with Crippen molar-refractivity contribution < 1.29 is 17.5 Å². The van der Waals surface area contributed by atoms with Crippen LogP contribution in [0.1, 0.15) is 12.8 Å². The molecular weight excluding hydrogens is 271 g/mol. The van der Waals surface area contributed by atoms with E-state index in [9.17, 15) is 12.8 Å². The van der Waals surface area contributed by atoms with E-state index in [1.165, 1.54) is 13.2 Å². The van der Waals surface area contributed by atoms with Crippen molar-refractivity contribution in [2.75, 3.05) is 13.7 Å². The topological polar surface area (TPSA) is 81.4 Å². The Bertz CT molecular complexity index is 558. The zero-order chi connectivity index (χ0) is 14.0. The van der Waals surface area contributed by atoms with Crippen LogP contribution >= 0.6 is 0 Å². The number of ether oxygens (including phenoxy) is 1. The lowest BCUT2D eigenvalue weighted by molar-refractivity contribution is 0.385. The van der Waals surface area contributed by atoms with Crippen LogP contribution in [0.3, 0.4) is 0 Å². The van der Waals surface area contributed by atoms with Crippen LogP contribution in [0.25, 0.3) is 0 Å². The van der Waals surface area contributed by atoms with E-state index >= 15 is 0 Å². The van der Waals surface area contributed by atoms with Crippen molar-refractivity contribution in [2.24, 2.45) is 11.7 Å². The van der Waals surface area contributed by atoms with Gasteiger partial charge in [0.15, 0.2) is 11.6 Å². The maximum absolute atomic E-state index is 13.2. The highest BCUT2D eigenvalue weighted by molar-refractivity contribution is 7.89. The second-order valence-electron chi connectivity index (χ2n) is 4.65. The SMILES string of the molecule is COc1cc(S(=O)(=O)NCC(N)C2CC2)ccc1F. The summed E-state index contributed by atoms with van der Waals surface area (Å²) in [6, 6.07) is 3.24. The summed E-state index contributed by atoms with van der Waals surface area (Å²) >= 11 is 0. The van der Waals surface area contributed by atoms with Gasteiger partial charge in [-0.15, -0.1) is 0 Å². The van der Waals surface area contributed by atoms with Gasteiger partial charge in [-0.3, -0.25) is 0 Å². The van der Waals surface area contributed by atoms with E-state index in [-0.39, 0.29) is 23.2 Å². The van der Waals surface area contributed by atoms with Crippen LogP contribution in [0.15, 0.2) is 23.1 Å². The quantitative estimate of drug-likeness (QED) is 0.813. The third-order valence-corrected chi connectivity index (χ3v) is 4.59. The van der Waals surface area contributed by atoms with Crippen LogP contribution in [0.4, 0.5) is 4.39 Å². The van der Waals surface area contributed by atoms with Gasteiger partial charge in [-0.05, 0) is 30.9 Å². The third kappa shape index (κ3) is 3.43. The molecule has 1 atom stereocenters. The fourth-order valence-corrected chi connectivity index (χ4v) is 2.88. The van der Waals surface area contributed by atoms with E-state index in [0.717, 1.165) is 25.0 Å². The summed E-state index contributed by atoms with van der Waals surface area (Å²) in [7, 11) is -2.40. The van der Waals surface area contributed by atoms with Crippen molar-refractivity contribution in [3.05, 3.63) is 24.0 Å². The van der Waals surface area contributed by atoms with Crippen molar-refractivity contribution in [3.8, 4) is 5.75 Å². The highest BCUT2D eigenvalue weighted by atomic mass is 32.2. The highest BCUT2D eigenvalue weighted by Crippen LogP contribution is 2.31. The normalized spacial score (nSPS) is 17.2. The molecular formula is C12H17FN2O3S. The fourth-order valence-electron chi connectivity index (χ4n) is 1.79. The molecule has 1 saturated carbocycles. The van der Waals surface area contributed by atoms with Gasteiger partial charge < -0.3 is 10.5 Å². The van der Waals surface area contributed by atoms with Gasteiger partial charge in [-0.25, -0.2) is 17.5 Å². The average molecular weight is 288 g/mol. The number of hydrogen-bond acceptors (Lipinski definition) is 4. The first-order valence-electron chi connectivity index (χ1n) is 6.03. The lowest BCUT2D eigenvalue weighted by Crippen LogP contribution is -2.38. The molecule has 1 aromatic carbocycles. The molecule has 0 amide bonds. The van der Waals surface area contributed by atoms with Gasteiger partial charge >= 0.3 is 0 Å². The van der Waals surface area contributed by atoms with Crippen molar-refractivity contribution >= 4 is 10.0 Å². The van der Waals surface area contributed by atoms with E-state index in [1.54, 1.807) is 0 Å². The Kier molecular flexibility index (Phi) is 4.07. The predicted molar refractivity (Wildman–Crippen MR) is 68.8 cm³/mol. The van der Waals surface area contributed by atoms with Gasteiger partial charge in [0.2, 0.25) is 10.0 Å². The molecule has 0 heterocycles. The van der Waals surface area contributed by atoms with Crippen LogP contribution in [-0.2, 0) is 10.0 Å². The highest BCUT2D eigenvalue weighted by Gasteiger charge is 2.29. The Morgan fingerprint density at radius 3 is 2.79 bits per heavy atom. The van der Waals surface area contributed by atoms with Crippen molar-refractivity contribution in [1.29, 1.82) is 0 Å². The molecule has 1 aliphatic rings. The lowest BCUT2D eigenvalue weighted by Gasteiger charge is -2.12. The van der Waals surface area contributed by atoms with E-state index in [0.29, 0.717) is 5.92 Å². The number of methoxy groups -OCH3 is 1. The Labute approximate surface area is 112 Å². The molecule has 106 valence electrons. The maximum Gasteiger partial charge on any atom is 0.240 e. The van der Waals surface area contributed by atoms with Gasteiger partial charge in [0, 0.05) is 18.7 Å². The van der Waals surface area contributed by atoms with Gasteiger partial charge in [0.05, 0.1) is 12.0 Å². The Morgan fingerprint density at radius 1 is 1.53 bits per heavy atom. The van der Waals surface area contributed by atoms with Crippen LogP contribution in [0, 0.1) is 11.7 Å². The lowest BCUT2D eigenvalue weighted by atomic mass is 10.2. The largest absolute Gasteiger partial charge is 0.494 e. The Morgan fingerprint density at radius 2 is 2.21 bits per heavy atom. The molecule has 5 nitrogen and oxygen atoms in total. The molecule has 0 aliphatic heterocycles. The maximum atomic E-state index is 13.2. The zero-order valence-electron chi connectivity index (χ0n) is 10.6. The molecule has 2 rings (SSSR count). The van der Waals surface area contributed by atoms with Crippen LogP contribution < -0.4 is 15.2 Å². The Hall–Kier alpha value is -1.18. The first kappa shape index (κ1) is 14.2. The van der Waals surface area contributed by atoms with Crippen molar-refractivity contribution in [1.82, 2.24) is 4.72 Å². The van der Waals surface area contributed by atoms with Crippen LogP contribution in [0.2, 0.25) is 0 Å². The summed E-state index contributed by atoms with van der Waals surface area (Å²) in [5.41, 5.74) is 5.83. The van der Waals surface area contributed by atoms with Crippen molar-refractivity contribution in [2.45, 2.75) is 23.8 Å². The van der Waals surface area contributed by atoms with Crippen molar-refractivity contribution in [3.63, 3.8) is 0 Å². The molecule has 0 radical (unpaired) electrons. The predicted octanol–water partition coefficient (Wildman–Crippen LogP) is 0.850. The first-order valence-corrected chi connectivity index (χ1v) is 7.51. The van der Waals surface area contributed by atoms with Gasteiger partial charge in [0.25, 0.3) is 0 Å². The number of sulfonamides is 1. The minimum Gasteiger partial charge on any atom is -0.494 e. The molecule has 1 aromatic rings. The van der Waals surface area contributed by atoms with E-state index in [2.05, 4.69) is 4.72 Å². The fraction of sp³-hybridized carbons (Fsp3) is 0.500. The molecule has 19 heavy (non-hydrogen) atoms. The zero-order valence-corrected chi connectivity index (χ0v) is 11.4. The number of nitrogens with two attached hydrogens (primary N) is 1. The minimum absolute atomic E-state index is 0.0336. The number of hydrogen-bond donors (Lipinski definition) is 2. The van der Waals surface area contributed by atoms with Gasteiger partial charge in [-0.1, -0.05) is 0 Å². The van der Waals surface area contributed by atoms with E-state index in [4.69, 9.17) is 10.5 Å². The molecule has 0 bridgehead atoms. The second kappa shape index (κ2) is 5.44. The summed E-state index contributed by atoms with van der Waals surface area (Å²) in [4.78, 5) is -0.0336. The summed E-state index contributed by atoms with van der Waals surface area (Å²) in [6.45, 7) is 0.187. The first-order chi connectivity index (χ1) is 8.94. The molecule has 0 spiro atoms. The summed E-state index contributed by atoms with van der Waals surface area (Å²) < 4.78 is 44.5. The third-order valence-electron chi connectivity index (χ3n) is 3.17. The molecule has 7 heteroatoms. The summed E-state index contributed by atoms with van der Waals surface area (Å²) in [5, 5.41) is 0. The smallest absolute Gasteiger partial charge is 0.240 e. The molecule has 1 unspecified atom stereocenters.